The van der Waals surface area contributed by atoms with Crippen molar-refractivity contribution in [2.45, 2.75) is 17.9 Å². The summed E-state index contributed by atoms with van der Waals surface area (Å²) in [5, 5.41) is 4.87. The van der Waals surface area contributed by atoms with Crippen molar-refractivity contribution in [1.29, 1.82) is 0 Å². The highest BCUT2D eigenvalue weighted by molar-refractivity contribution is 7.91. The molecule has 21 heavy (non-hydrogen) atoms. The molecule has 1 fully saturated rings. The number of rotatable bonds is 3. The Morgan fingerprint density at radius 3 is 3.05 bits per heavy atom. The van der Waals surface area contributed by atoms with Gasteiger partial charge >= 0.3 is 0 Å². The Morgan fingerprint density at radius 2 is 2.24 bits per heavy atom. The van der Waals surface area contributed by atoms with Crippen molar-refractivity contribution >= 4 is 20.6 Å². The molecule has 1 aliphatic heterocycles. The lowest BCUT2D eigenvalue weighted by atomic mass is 10.2. The third-order valence-corrected chi connectivity index (χ3v) is 5.65. The van der Waals surface area contributed by atoms with Gasteiger partial charge in [-0.3, -0.25) is 9.88 Å². The first-order valence-electron chi connectivity index (χ1n) is 7.08. The Bertz CT molecular complexity index is 740. The second-order valence-electron chi connectivity index (χ2n) is 5.46. The minimum atomic E-state index is -3.35. The Labute approximate surface area is 124 Å². The number of aromatic nitrogens is 1. The fraction of sp³-hybridized carbons (Fsp3) is 0.400. The fourth-order valence-corrected chi connectivity index (χ4v) is 4.49. The molecular formula is C15H19N3O2S. The van der Waals surface area contributed by atoms with Gasteiger partial charge in [-0.05, 0) is 19.1 Å². The summed E-state index contributed by atoms with van der Waals surface area (Å²) in [5.41, 5.74) is 0. The summed E-state index contributed by atoms with van der Waals surface area (Å²) in [4.78, 5) is 6.47. The van der Waals surface area contributed by atoms with E-state index in [0.29, 0.717) is 4.90 Å². The molecule has 1 aromatic heterocycles. The molecule has 0 radical (unpaired) electrons. The van der Waals surface area contributed by atoms with Crippen LogP contribution in [-0.4, -0.2) is 49.9 Å². The first-order chi connectivity index (χ1) is 10.1. The minimum absolute atomic E-state index is 0.0667. The maximum absolute atomic E-state index is 12.8. The van der Waals surface area contributed by atoms with E-state index in [1.165, 1.54) is 0 Å². The van der Waals surface area contributed by atoms with E-state index in [9.17, 15) is 8.42 Å². The number of nitrogens with zero attached hydrogens (tertiary/aromatic N) is 2. The maximum atomic E-state index is 12.8. The lowest BCUT2D eigenvalue weighted by molar-refractivity contribution is 0.201. The first kappa shape index (κ1) is 14.4. The van der Waals surface area contributed by atoms with Crippen LogP contribution in [0.15, 0.2) is 41.6 Å². The lowest BCUT2D eigenvalue weighted by Crippen LogP contribution is -2.51. The molecule has 112 valence electrons. The van der Waals surface area contributed by atoms with Crippen molar-refractivity contribution in [3.8, 4) is 0 Å². The number of fused-ring (bicyclic) bond motifs is 1. The second-order valence-corrected chi connectivity index (χ2v) is 7.39. The van der Waals surface area contributed by atoms with Gasteiger partial charge in [-0.25, -0.2) is 8.42 Å². The third kappa shape index (κ3) is 2.92. The molecule has 2 aromatic rings. The quantitative estimate of drug-likeness (QED) is 0.925. The summed E-state index contributed by atoms with van der Waals surface area (Å²) < 4.78 is 25.6. The van der Waals surface area contributed by atoms with Crippen LogP contribution in [0.5, 0.6) is 0 Å². The van der Waals surface area contributed by atoms with Gasteiger partial charge in [0.25, 0.3) is 0 Å². The molecule has 1 saturated heterocycles. The van der Waals surface area contributed by atoms with Crippen LogP contribution in [0.1, 0.15) is 6.92 Å². The molecule has 0 amide bonds. The largest absolute Gasteiger partial charge is 0.314 e. The van der Waals surface area contributed by atoms with Gasteiger partial charge in [-0.2, -0.15) is 0 Å². The van der Waals surface area contributed by atoms with E-state index in [1.807, 2.05) is 11.0 Å². The Hall–Kier alpha value is -1.50. The van der Waals surface area contributed by atoms with Crippen LogP contribution < -0.4 is 5.32 Å². The molecule has 1 unspecified atom stereocenters. The lowest BCUT2D eigenvalue weighted by Gasteiger charge is -2.33. The monoisotopic (exact) mass is 305 g/mol. The highest BCUT2D eigenvalue weighted by Gasteiger charge is 2.26. The molecule has 0 aliphatic carbocycles. The summed E-state index contributed by atoms with van der Waals surface area (Å²) in [5.74, 6) is 0.0667. The molecule has 0 saturated carbocycles. The predicted molar refractivity (Wildman–Crippen MR) is 82.8 cm³/mol. The van der Waals surface area contributed by atoms with E-state index < -0.39 is 9.84 Å². The maximum Gasteiger partial charge on any atom is 0.192 e. The van der Waals surface area contributed by atoms with Gasteiger partial charge in [-0.15, -0.1) is 0 Å². The summed E-state index contributed by atoms with van der Waals surface area (Å²) in [6.07, 6.45) is 3.33. The standard InChI is InChI=1S/C15H19N3O2S/c1-12-9-17-7-8-18(12)11-21(19,20)15-4-2-3-13-10-16-6-5-14(13)15/h2-6,10,12,17H,7-9,11H2,1H3. The van der Waals surface area contributed by atoms with Crippen molar-refractivity contribution in [3.63, 3.8) is 0 Å². The SMILES string of the molecule is CC1CNCCN1CS(=O)(=O)c1cccc2cnccc12. The Kier molecular flexibility index (Phi) is 3.93. The molecule has 1 aromatic carbocycles. The topological polar surface area (TPSA) is 62.3 Å². The van der Waals surface area contributed by atoms with E-state index in [4.69, 9.17) is 0 Å². The summed E-state index contributed by atoms with van der Waals surface area (Å²) >= 11 is 0. The van der Waals surface area contributed by atoms with Gasteiger partial charge in [0, 0.05) is 48.8 Å². The highest BCUT2D eigenvalue weighted by atomic mass is 32.2. The van der Waals surface area contributed by atoms with Crippen molar-refractivity contribution in [2.24, 2.45) is 0 Å². The summed E-state index contributed by atoms with van der Waals surface area (Å²) in [6.45, 7) is 4.47. The van der Waals surface area contributed by atoms with Crippen LogP contribution in [0.2, 0.25) is 0 Å². The summed E-state index contributed by atoms with van der Waals surface area (Å²) in [7, 11) is -3.35. The molecule has 1 aliphatic rings. The average molecular weight is 305 g/mol. The van der Waals surface area contributed by atoms with Crippen LogP contribution in [0.3, 0.4) is 0 Å². The molecule has 2 heterocycles. The van der Waals surface area contributed by atoms with Crippen molar-refractivity contribution < 1.29 is 8.42 Å². The Balaban J connectivity index is 1.97. The Morgan fingerprint density at radius 1 is 1.38 bits per heavy atom. The molecule has 5 nitrogen and oxygen atoms in total. The van der Waals surface area contributed by atoms with Gasteiger partial charge in [-0.1, -0.05) is 12.1 Å². The van der Waals surface area contributed by atoms with Crippen LogP contribution in [-0.2, 0) is 9.84 Å². The van der Waals surface area contributed by atoms with Gasteiger partial charge in [0.05, 0.1) is 4.90 Å². The molecule has 3 rings (SSSR count). The number of hydrogen-bond acceptors (Lipinski definition) is 5. The van der Waals surface area contributed by atoms with E-state index in [1.54, 1.807) is 30.6 Å². The zero-order chi connectivity index (χ0) is 14.9. The van der Waals surface area contributed by atoms with Crippen LogP contribution in [0, 0.1) is 0 Å². The third-order valence-electron chi connectivity index (χ3n) is 3.95. The fourth-order valence-electron chi connectivity index (χ4n) is 2.73. The number of sulfone groups is 1. The molecule has 0 spiro atoms. The van der Waals surface area contributed by atoms with Gasteiger partial charge in [0.2, 0.25) is 0 Å². The van der Waals surface area contributed by atoms with Gasteiger partial charge in [0.15, 0.2) is 9.84 Å². The number of piperazine rings is 1. The van der Waals surface area contributed by atoms with Crippen LogP contribution in [0.25, 0.3) is 10.8 Å². The predicted octanol–water partition coefficient (Wildman–Crippen LogP) is 1.26. The zero-order valence-corrected chi connectivity index (χ0v) is 12.8. The van der Waals surface area contributed by atoms with E-state index in [0.717, 1.165) is 30.4 Å². The van der Waals surface area contributed by atoms with Crippen molar-refractivity contribution in [2.75, 3.05) is 25.5 Å². The zero-order valence-electron chi connectivity index (χ0n) is 12.0. The molecule has 6 heteroatoms. The average Bonchev–Trinajstić information content (AvgIpc) is 2.49. The number of nitrogens with one attached hydrogen (secondary N) is 1. The molecule has 1 N–H and O–H groups in total. The van der Waals surface area contributed by atoms with E-state index >= 15 is 0 Å². The van der Waals surface area contributed by atoms with Gasteiger partial charge in [0.1, 0.15) is 5.88 Å². The summed E-state index contributed by atoms with van der Waals surface area (Å²) in [6, 6.07) is 7.34. The first-order valence-corrected chi connectivity index (χ1v) is 8.73. The van der Waals surface area contributed by atoms with E-state index in [-0.39, 0.29) is 11.9 Å². The number of benzene rings is 1. The van der Waals surface area contributed by atoms with Crippen molar-refractivity contribution in [3.05, 3.63) is 36.7 Å². The molecule has 1 atom stereocenters. The van der Waals surface area contributed by atoms with Crippen molar-refractivity contribution in [1.82, 2.24) is 15.2 Å². The highest BCUT2D eigenvalue weighted by Crippen LogP contribution is 2.24. The van der Waals surface area contributed by atoms with Crippen LogP contribution >= 0.6 is 0 Å². The normalized spacial score (nSPS) is 20.7. The number of hydrogen-bond donors (Lipinski definition) is 1. The van der Waals surface area contributed by atoms with Gasteiger partial charge < -0.3 is 5.32 Å². The minimum Gasteiger partial charge on any atom is -0.314 e. The molecule has 0 bridgehead atoms. The smallest absolute Gasteiger partial charge is 0.192 e. The van der Waals surface area contributed by atoms with E-state index in [2.05, 4.69) is 17.2 Å². The second kappa shape index (κ2) is 5.71. The molecular weight excluding hydrogens is 286 g/mol. The number of pyridine rings is 1. The van der Waals surface area contributed by atoms with Crippen LogP contribution in [0.4, 0.5) is 0 Å².